The van der Waals surface area contributed by atoms with Gasteiger partial charge in [0.1, 0.15) is 0 Å². The van der Waals surface area contributed by atoms with Crippen molar-refractivity contribution in [1.29, 1.82) is 0 Å². The fourth-order valence-electron chi connectivity index (χ4n) is 2.55. The summed E-state index contributed by atoms with van der Waals surface area (Å²) in [5.41, 5.74) is 2.31. The Morgan fingerprint density at radius 2 is 1.85 bits per heavy atom. The number of anilines is 1. The molecule has 0 atom stereocenters. The fourth-order valence-corrected chi connectivity index (χ4v) is 3.37. The highest BCUT2D eigenvalue weighted by atomic mass is 32.1. The minimum atomic E-state index is -0.382. The van der Waals surface area contributed by atoms with Crippen LogP contribution in [0.2, 0.25) is 0 Å². The maximum Gasteiger partial charge on any atom is 0.338 e. The number of hydrogen-bond acceptors (Lipinski definition) is 5. The number of thiophene rings is 1. The molecule has 0 fully saturated rings. The molecule has 0 saturated carbocycles. The Morgan fingerprint density at radius 1 is 1.15 bits per heavy atom. The largest absolute Gasteiger partial charge is 0.459 e. The van der Waals surface area contributed by atoms with Gasteiger partial charge >= 0.3 is 5.97 Å². The van der Waals surface area contributed by atoms with Gasteiger partial charge in [-0.15, -0.1) is 11.3 Å². The van der Waals surface area contributed by atoms with Crippen LogP contribution in [-0.2, 0) is 9.53 Å². The van der Waals surface area contributed by atoms with Crippen LogP contribution in [0.4, 0.5) is 5.69 Å². The first-order chi connectivity index (χ1) is 12.3. The first kappa shape index (κ1) is 18.1. The number of hydrogen-bond donors (Lipinski definition) is 0. The molecule has 0 saturated heterocycles. The summed E-state index contributed by atoms with van der Waals surface area (Å²) in [4.78, 5) is 26.9. The van der Waals surface area contributed by atoms with Gasteiger partial charge in [-0.05, 0) is 70.2 Å². The Balaban J connectivity index is 1.81. The van der Waals surface area contributed by atoms with E-state index < -0.39 is 0 Å². The van der Waals surface area contributed by atoms with Crippen molar-refractivity contribution in [3.05, 3.63) is 57.3 Å². The average Bonchev–Trinajstić information content (AvgIpc) is 3.12. The highest BCUT2D eigenvalue weighted by Gasteiger charge is 2.29. The van der Waals surface area contributed by atoms with Gasteiger partial charge in [0, 0.05) is 9.75 Å². The van der Waals surface area contributed by atoms with Crippen LogP contribution in [0.1, 0.15) is 40.9 Å². The van der Waals surface area contributed by atoms with E-state index in [2.05, 4.69) is 5.10 Å². The second-order valence-electron chi connectivity index (χ2n) is 6.31. The lowest BCUT2D eigenvalue weighted by atomic mass is 10.1. The molecule has 26 heavy (non-hydrogen) atoms. The molecule has 5 nitrogen and oxygen atoms in total. The summed E-state index contributed by atoms with van der Waals surface area (Å²) in [7, 11) is 0. The van der Waals surface area contributed by atoms with E-state index in [1.54, 1.807) is 49.4 Å². The summed E-state index contributed by atoms with van der Waals surface area (Å²) in [5.74, 6) is -0.557. The third kappa shape index (κ3) is 3.75. The molecule has 0 N–H and O–H groups in total. The lowest BCUT2D eigenvalue weighted by Gasteiger charge is -2.13. The number of esters is 1. The smallest absolute Gasteiger partial charge is 0.338 e. The monoisotopic (exact) mass is 368 g/mol. The molecule has 3 rings (SSSR count). The number of aryl methyl sites for hydroxylation is 1. The zero-order chi connectivity index (χ0) is 18.8. The number of ether oxygens (including phenoxy) is 1. The van der Waals surface area contributed by atoms with Crippen molar-refractivity contribution >= 4 is 40.7 Å². The molecule has 0 spiro atoms. The van der Waals surface area contributed by atoms with Gasteiger partial charge in [0.25, 0.3) is 5.91 Å². The second kappa shape index (κ2) is 7.25. The Hall–Kier alpha value is -2.73. The number of benzene rings is 1. The Morgan fingerprint density at radius 3 is 2.42 bits per heavy atom. The SMILES string of the molecule is CC1=NN(c2ccc(C(=O)OC(C)C)cc2)C(=O)C1=Cc1ccc(C)s1. The van der Waals surface area contributed by atoms with Crippen LogP contribution in [-0.4, -0.2) is 23.7 Å². The second-order valence-corrected chi connectivity index (χ2v) is 7.63. The van der Waals surface area contributed by atoms with Crippen molar-refractivity contribution in [2.75, 3.05) is 5.01 Å². The van der Waals surface area contributed by atoms with Crippen LogP contribution in [0.5, 0.6) is 0 Å². The molecule has 1 aliphatic rings. The number of rotatable bonds is 4. The van der Waals surface area contributed by atoms with Gasteiger partial charge < -0.3 is 4.74 Å². The summed E-state index contributed by atoms with van der Waals surface area (Å²) in [6.45, 7) is 7.45. The number of carbonyl (C=O) groups excluding carboxylic acids is 2. The summed E-state index contributed by atoms with van der Waals surface area (Å²) in [6, 6.07) is 10.7. The van der Waals surface area contributed by atoms with Crippen LogP contribution in [0.25, 0.3) is 6.08 Å². The van der Waals surface area contributed by atoms with E-state index in [4.69, 9.17) is 4.74 Å². The molecule has 0 unspecified atom stereocenters. The third-order valence-corrected chi connectivity index (χ3v) is 4.75. The van der Waals surface area contributed by atoms with Gasteiger partial charge in [-0.3, -0.25) is 4.79 Å². The molecule has 134 valence electrons. The molecule has 1 aromatic heterocycles. The van der Waals surface area contributed by atoms with Gasteiger partial charge in [-0.1, -0.05) is 0 Å². The fraction of sp³-hybridized carbons (Fsp3) is 0.250. The zero-order valence-corrected chi connectivity index (χ0v) is 16.0. The molecule has 0 radical (unpaired) electrons. The maximum atomic E-state index is 12.7. The molecule has 1 amide bonds. The van der Waals surface area contributed by atoms with Crippen LogP contribution in [0.15, 0.2) is 47.1 Å². The summed E-state index contributed by atoms with van der Waals surface area (Å²) in [6.07, 6.45) is 1.69. The van der Waals surface area contributed by atoms with Crippen molar-refractivity contribution < 1.29 is 14.3 Å². The minimum absolute atomic E-state index is 0.175. The lowest BCUT2D eigenvalue weighted by Crippen LogP contribution is -2.21. The highest BCUT2D eigenvalue weighted by Crippen LogP contribution is 2.27. The van der Waals surface area contributed by atoms with Gasteiger partial charge in [-0.25, -0.2) is 4.79 Å². The Bertz CT molecular complexity index is 907. The Labute approximate surface area is 156 Å². The van der Waals surface area contributed by atoms with Crippen LogP contribution in [0, 0.1) is 6.92 Å². The molecular formula is C20H20N2O3S. The number of carbonyl (C=O) groups is 2. The lowest BCUT2D eigenvalue weighted by molar-refractivity contribution is -0.114. The predicted octanol–water partition coefficient (Wildman–Crippen LogP) is 4.43. The number of amides is 1. The van der Waals surface area contributed by atoms with E-state index in [1.807, 2.05) is 32.1 Å². The number of nitrogens with zero attached hydrogens (tertiary/aromatic N) is 2. The number of hydrazone groups is 1. The summed E-state index contributed by atoms with van der Waals surface area (Å²) < 4.78 is 5.17. The summed E-state index contributed by atoms with van der Waals surface area (Å²) in [5, 5.41) is 5.73. The molecule has 6 heteroatoms. The normalized spacial score (nSPS) is 15.7. The molecule has 2 aromatic rings. The average molecular weight is 368 g/mol. The van der Waals surface area contributed by atoms with E-state index >= 15 is 0 Å². The first-order valence-electron chi connectivity index (χ1n) is 8.34. The Kier molecular flexibility index (Phi) is 5.04. The van der Waals surface area contributed by atoms with Gasteiger partial charge in [0.2, 0.25) is 0 Å². The van der Waals surface area contributed by atoms with Crippen molar-refractivity contribution in [3.8, 4) is 0 Å². The van der Waals surface area contributed by atoms with Crippen LogP contribution < -0.4 is 5.01 Å². The van der Waals surface area contributed by atoms with Crippen LogP contribution >= 0.6 is 11.3 Å². The first-order valence-corrected chi connectivity index (χ1v) is 9.16. The van der Waals surface area contributed by atoms with Crippen LogP contribution in [0.3, 0.4) is 0 Å². The van der Waals surface area contributed by atoms with E-state index in [-0.39, 0.29) is 18.0 Å². The zero-order valence-electron chi connectivity index (χ0n) is 15.1. The van der Waals surface area contributed by atoms with E-state index in [0.29, 0.717) is 22.5 Å². The summed E-state index contributed by atoms with van der Waals surface area (Å²) >= 11 is 1.63. The molecule has 1 aliphatic heterocycles. The molecular weight excluding hydrogens is 348 g/mol. The standard InChI is InChI=1S/C20H20N2O3S/c1-12(2)25-20(24)15-6-8-16(9-7-15)22-19(23)18(14(4)21-22)11-17-10-5-13(3)26-17/h5-12H,1-4H3. The van der Waals surface area contributed by atoms with Crippen molar-refractivity contribution in [3.63, 3.8) is 0 Å². The highest BCUT2D eigenvalue weighted by molar-refractivity contribution is 7.12. The van der Waals surface area contributed by atoms with Crippen molar-refractivity contribution in [2.24, 2.45) is 5.10 Å². The maximum absolute atomic E-state index is 12.7. The third-order valence-electron chi connectivity index (χ3n) is 3.80. The minimum Gasteiger partial charge on any atom is -0.459 e. The van der Waals surface area contributed by atoms with Gasteiger partial charge in [0.05, 0.1) is 28.6 Å². The van der Waals surface area contributed by atoms with Gasteiger partial charge in [-0.2, -0.15) is 10.1 Å². The quantitative estimate of drug-likeness (QED) is 0.593. The molecule has 2 heterocycles. The molecule has 0 bridgehead atoms. The van der Waals surface area contributed by atoms with E-state index in [1.165, 1.54) is 9.89 Å². The van der Waals surface area contributed by atoms with Gasteiger partial charge in [0.15, 0.2) is 0 Å². The van der Waals surface area contributed by atoms with E-state index in [9.17, 15) is 9.59 Å². The molecule has 1 aromatic carbocycles. The topological polar surface area (TPSA) is 59.0 Å². The van der Waals surface area contributed by atoms with Crippen molar-refractivity contribution in [2.45, 2.75) is 33.8 Å². The molecule has 0 aliphatic carbocycles. The van der Waals surface area contributed by atoms with Crippen molar-refractivity contribution in [1.82, 2.24) is 0 Å². The van der Waals surface area contributed by atoms with E-state index in [0.717, 1.165) is 4.88 Å². The predicted molar refractivity (Wildman–Crippen MR) is 105 cm³/mol.